The first-order valence-electron chi connectivity index (χ1n) is 10.5. The molecule has 0 unspecified atom stereocenters. The monoisotopic (exact) mass is 390 g/mol. The molecule has 1 saturated heterocycles. The molecule has 0 saturated carbocycles. The molecule has 1 aromatic carbocycles. The Balaban J connectivity index is 1.87. The van der Waals surface area contributed by atoms with Crippen LogP contribution in [0.5, 0.6) is 5.75 Å². The zero-order valence-corrected chi connectivity index (χ0v) is 18.1. The molecule has 0 amide bonds. The van der Waals surface area contributed by atoms with Crippen molar-refractivity contribution < 1.29 is 9.47 Å². The van der Waals surface area contributed by atoms with Crippen molar-refractivity contribution in [2.45, 2.75) is 52.1 Å². The van der Waals surface area contributed by atoms with Gasteiger partial charge in [-0.15, -0.1) is 0 Å². The minimum absolute atomic E-state index is 0.123. The quantitative estimate of drug-likeness (QED) is 0.365. The fourth-order valence-electron chi connectivity index (χ4n) is 3.36. The smallest absolute Gasteiger partial charge is 0.191 e. The number of hydrogen-bond donors (Lipinski definition) is 2. The fourth-order valence-corrected chi connectivity index (χ4v) is 3.36. The highest BCUT2D eigenvalue weighted by Crippen LogP contribution is 2.19. The van der Waals surface area contributed by atoms with Crippen LogP contribution in [0.15, 0.2) is 29.3 Å². The third kappa shape index (κ3) is 7.68. The van der Waals surface area contributed by atoms with Gasteiger partial charge in [0.05, 0.1) is 13.2 Å². The largest absolute Gasteiger partial charge is 0.491 e. The molecule has 0 aliphatic carbocycles. The second kappa shape index (κ2) is 11.9. The van der Waals surface area contributed by atoms with Gasteiger partial charge in [-0.2, -0.15) is 0 Å². The molecular formula is C22H38N4O2. The summed E-state index contributed by atoms with van der Waals surface area (Å²) in [6.07, 6.45) is 3.98. The van der Waals surface area contributed by atoms with Gasteiger partial charge in [0.1, 0.15) is 12.4 Å². The predicted molar refractivity (Wildman–Crippen MR) is 116 cm³/mol. The topological polar surface area (TPSA) is 58.1 Å². The van der Waals surface area contributed by atoms with Gasteiger partial charge in [0.2, 0.25) is 0 Å². The molecular weight excluding hydrogens is 352 g/mol. The molecule has 28 heavy (non-hydrogen) atoms. The van der Waals surface area contributed by atoms with Crippen molar-refractivity contribution in [3.05, 3.63) is 29.8 Å². The van der Waals surface area contributed by atoms with Crippen molar-refractivity contribution in [2.75, 3.05) is 46.5 Å². The first-order valence-corrected chi connectivity index (χ1v) is 10.5. The second-order valence-corrected chi connectivity index (χ2v) is 7.89. The van der Waals surface area contributed by atoms with Gasteiger partial charge in [0.15, 0.2) is 5.96 Å². The summed E-state index contributed by atoms with van der Waals surface area (Å²) >= 11 is 0. The molecule has 1 aliphatic heterocycles. The summed E-state index contributed by atoms with van der Waals surface area (Å²) in [5.74, 6) is 1.73. The van der Waals surface area contributed by atoms with Crippen molar-refractivity contribution in [3.63, 3.8) is 0 Å². The van der Waals surface area contributed by atoms with Gasteiger partial charge in [-0.25, -0.2) is 4.99 Å². The van der Waals surface area contributed by atoms with E-state index in [-0.39, 0.29) is 5.54 Å². The Morgan fingerprint density at radius 1 is 1.07 bits per heavy atom. The Morgan fingerprint density at radius 2 is 1.79 bits per heavy atom. The SMILES string of the molecule is CCNC(=NCc1ccc(OCCOC)cc1)NCC(C)(C)N1CCCCC1. The standard InChI is InChI=1S/C22H38N4O2/c1-5-23-21(25-18-22(2,3)26-13-7-6-8-14-26)24-17-19-9-11-20(12-10-19)28-16-15-27-4/h9-12H,5-8,13-18H2,1-4H3,(H2,23,24,25). The Morgan fingerprint density at radius 3 is 2.43 bits per heavy atom. The fraction of sp³-hybridized carbons (Fsp3) is 0.682. The maximum absolute atomic E-state index is 5.61. The summed E-state index contributed by atoms with van der Waals surface area (Å²) in [6.45, 7) is 12.6. The maximum Gasteiger partial charge on any atom is 0.191 e. The van der Waals surface area contributed by atoms with Crippen LogP contribution in [0, 0.1) is 0 Å². The number of rotatable bonds is 10. The Kier molecular flexibility index (Phi) is 9.58. The normalized spacial score (nSPS) is 16.1. The van der Waals surface area contributed by atoms with Gasteiger partial charge >= 0.3 is 0 Å². The Hall–Kier alpha value is -1.79. The van der Waals surface area contributed by atoms with E-state index in [1.807, 2.05) is 12.1 Å². The third-order valence-electron chi connectivity index (χ3n) is 5.14. The molecule has 0 bridgehead atoms. The minimum atomic E-state index is 0.123. The number of hydrogen-bond acceptors (Lipinski definition) is 4. The highest BCUT2D eigenvalue weighted by atomic mass is 16.5. The lowest BCUT2D eigenvalue weighted by Gasteiger charge is -2.41. The van der Waals surface area contributed by atoms with E-state index in [2.05, 4.69) is 48.4 Å². The van der Waals surface area contributed by atoms with E-state index in [1.165, 1.54) is 32.4 Å². The van der Waals surface area contributed by atoms with Crippen LogP contribution in [0.4, 0.5) is 0 Å². The van der Waals surface area contributed by atoms with Crippen LogP contribution in [-0.2, 0) is 11.3 Å². The summed E-state index contributed by atoms with van der Waals surface area (Å²) in [7, 11) is 1.67. The molecule has 2 N–H and O–H groups in total. The van der Waals surface area contributed by atoms with Crippen molar-refractivity contribution in [1.82, 2.24) is 15.5 Å². The number of guanidine groups is 1. The number of nitrogens with one attached hydrogen (secondary N) is 2. The molecule has 0 atom stereocenters. The molecule has 6 nitrogen and oxygen atoms in total. The van der Waals surface area contributed by atoms with E-state index in [0.29, 0.717) is 19.8 Å². The number of likely N-dealkylation sites (tertiary alicyclic amines) is 1. The first kappa shape index (κ1) is 22.5. The molecule has 158 valence electrons. The number of ether oxygens (including phenoxy) is 2. The van der Waals surface area contributed by atoms with Crippen LogP contribution < -0.4 is 15.4 Å². The summed E-state index contributed by atoms with van der Waals surface area (Å²) < 4.78 is 10.6. The molecule has 1 fully saturated rings. The summed E-state index contributed by atoms with van der Waals surface area (Å²) in [5, 5.41) is 6.89. The average Bonchev–Trinajstić information content (AvgIpc) is 2.72. The number of piperidine rings is 1. The highest BCUT2D eigenvalue weighted by Gasteiger charge is 2.27. The van der Waals surface area contributed by atoms with Gasteiger partial charge in [0, 0.05) is 25.7 Å². The van der Waals surface area contributed by atoms with E-state index in [0.717, 1.165) is 30.4 Å². The molecule has 1 heterocycles. The summed E-state index contributed by atoms with van der Waals surface area (Å²) in [6, 6.07) is 8.10. The number of nitrogens with zero attached hydrogens (tertiary/aromatic N) is 2. The number of methoxy groups -OCH3 is 1. The van der Waals surface area contributed by atoms with Crippen LogP contribution in [0.2, 0.25) is 0 Å². The maximum atomic E-state index is 5.61. The van der Waals surface area contributed by atoms with E-state index in [9.17, 15) is 0 Å². The van der Waals surface area contributed by atoms with E-state index >= 15 is 0 Å². The molecule has 0 aromatic heterocycles. The van der Waals surface area contributed by atoms with Gasteiger partial charge in [-0.3, -0.25) is 4.90 Å². The molecule has 1 aliphatic rings. The lowest BCUT2D eigenvalue weighted by atomic mass is 9.98. The summed E-state index contributed by atoms with van der Waals surface area (Å²) in [4.78, 5) is 7.34. The first-order chi connectivity index (χ1) is 13.5. The van der Waals surface area contributed by atoms with Crippen LogP contribution in [0.1, 0.15) is 45.6 Å². The molecule has 1 aromatic rings. The highest BCUT2D eigenvalue weighted by molar-refractivity contribution is 5.79. The second-order valence-electron chi connectivity index (χ2n) is 7.89. The third-order valence-corrected chi connectivity index (χ3v) is 5.14. The van der Waals surface area contributed by atoms with E-state index in [4.69, 9.17) is 14.5 Å². The lowest BCUT2D eigenvalue weighted by molar-refractivity contribution is 0.0982. The van der Waals surface area contributed by atoms with Crippen molar-refractivity contribution >= 4 is 5.96 Å². The number of aliphatic imine (C=N–C) groups is 1. The zero-order valence-electron chi connectivity index (χ0n) is 18.1. The van der Waals surface area contributed by atoms with Crippen molar-refractivity contribution in [2.24, 2.45) is 4.99 Å². The van der Waals surface area contributed by atoms with Crippen LogP contribution in [0.25, 0.3) is 0 Å². The van der Waals surface area contributed by atoms with Gasteiger partial charge in [-0.05, 0) is 64.4 Å². The molecule has 0 radical (unpaired) electrons. The van der Waals surface area contributed by atoms with E-state index < -0.39 is 0 Å². The molecule has 6 heteroatoms. The van der Waals surface area contributed by atoms with Crippen molar-refractivity contribution in [3.8, 4) is 5.75 Å². The van der Waals surface area contributed by atoms with Crippen molar-refractivity contribution in [1.29, 1.82) is 0 Å². The predicted octanol–water partition coefficient (Wildman–Crippen LogP) is 3.03. The number of benzene rings is 1. The zero-order chi connectivity index (χ0) is 20.2. The van der Waals surface area contributed by atoms with Gasteiger partial charge in [0.25, 0.3) is 0 Å². The van der Waals surface area contributed by atoms with Crippen LogP contribution in [-0.4, -0.2) is 62.9 Å². The van der Waals surface area contributed by atoms with Gasteiger partial charge in [-0.1, -0.05) is 18.6 Å². The van der Waals surface area contributed by atoms with Crippen LogP contribution >= 0.6 is 0 Å². The Bertz CT molecular complexity index is 581. The van der Waals surface area contributed by atoms with Gasteiger partial charge < -0.3 is 20.1 Å². The summed E-state index contributed by atoms with van der Waals surface area (Å²) in [5.41, 5.74) is 1.28. The average molecular weight is 391 g/mol. The lowest BCUT2D eigenvalue weighted by Crippen LogP contribution is -2.54. The Labute approximate surface area is 170 Å². The van der Waals surface area contributed by atoms with Crippen LogP contribution in [0.3, 0.4) is 0 Å². The molecule has 2 rings (SSSR count). The molecule has 0 spiro atoms. The minimum Gasteiger partial charge on any atom is -0.491 e. The van der Waals surface area contributed by atoms with E-state index in [1.54, 1.807) is 7.11 Å².